The summed E-state index contributed by atoms with van der Waals surface area (Å²) in [5, 5.41) is 0.621. The molecule has 1 aliphatic rings. The largest absolute Gasteiger partial charge is 0.378 e. The molecule has 2 aromatic carbocycles. The topological polar surface area (TPSA) is 75.7 Å². The minimum Gasteiger partial charge on any atom is -0.378 e. The summed E-state index contributed by atoms with van der Waals surface area (Å²) in [6, 6.07) is 10.2. The van der Waals surface area contributed by atoms with Gasteiger partial charge in [0, 0.05) is 18.1 Å². The molecule has 26 heavy (non-hydrogen) atoms. The van der Waals surface area contributed by atoms with Crippen LogP contribution in [0.4, 0.5) is 5.69 Å². The average molecular weight is 415 g/mol. The maximum atomic E-state index is 12.5. The molecule has 0 aromatic heterocycles. The summed E-state index contributed by atoms with van der Waals surface area (Å²) in [6.07, 6.45) is 0. The normalized spacial score (nSPS) is 14.9. The van der Waals surface area contributed by atoms with Gasteiger partial charge in [-0.15, -0.1) is 0 Å². The Morgan fingerprint density at radius 2 is 1.69 bits per heavy atom. The van der Waals surface area contributed by atoms with E-state index in [1.807, 2.05) is 0 Å². The monoisotopic (exact) mass is 414 g/mol. The first-order valence-electron chi connectivity index (χ1n) is 7.82. The Labute approximate surface area is 161 Å². The molecule has 0 aliphatic carbocycles. The van der Waals surface area contributed by atoms with E-state index in [9.17, 15) is 13.2 Å². The molecule has 2 aromatic rings. The van der Waals surface area contributed by atoms with Crippen LogP contribution in [0.25, 0.3) is 0 Å². The molecule has 0 radical (unpaired) electrons. The van der Waals surface area contributed by atoms with Gasteiger partial charge in [-0.25, -0.2) is 8.42 Å². The molecule has 0 spiro atoms. The van der Waals surface area contributed by atoms with Crippen LogP contribution in [-0.2, 0) is 14.8 Å². The van der Waals surface area contributed by atoms with Gasteiger partial charge >= 0.3 is 0 Å². The minimum absolute atomic E-state index is 0.0755. The molecule has 0 bridgehead atoms. The second kappa shape index (κ2) is 7.84. The van der Waals surface area contributed by atoms with Gasteiger partial charge in [0.25, 0.3) is 15.9 Å². The molecular weight excluding hydrogens is 399 g/mol. The summed E-state index contributed by atoms with van der Waals surface area (Å²) < 4.78 is 32.5. The molecular formula is C17H16Cl2N2O4S. The Hall–Kier alpha value is -1.80. The van der Waals surface area contributed by atoms with Crippen LogP contribution in [0.2, 0.25) is 10.0 Å². The van der Waals surface area contributed by atoms with E-state index in [1.165, 1.54) is 42.5 Å². The number of nitrogens with zero attached hydrogens (tertiary/aromatic N) is 1. The standard InChI is InChI=1S/C17H16Cl2N2O4S/c18-12-1-4-14(5-2-12)26(23,24)20-13-3-6-15(16(19)11-13)17(22)21-7-9-25-10-8-21/h1-6,11,20H,7-10H2. The predicted molar refractivity (Wildman–Crippen MR) is 100 cm³/mol. The number of anilines is 1. The summed E-state index contributed by atoms with van der Waals surface area (Å²) in [5.74, 6) is -0.203. The van der Waals surface area contributed by atoms with Crippen molar-refractivity contribution in [3.63, 3.8) is 0 Å². The van der Waals surface area contributed by atoms with E-state index in [0.717, 1.165) is 0 Å². The Balaban J connectivity index is 1.78. The molecule has 0 saturated carbocycles. The quantitative estimate of drug-likeness (QED) is 0.832. The Morgan fingerprint density at radius 1 is 1.04 bits per heavy atom. The summed E-state index contributed by atoms with van der Waals surface area (Å²) in [7, 11) is -3.78. The van der Waals surface area contributed by atoms with E-state index in [-0.39, 0.29) is 21.5 Å². The number of amides is 1. The van der Waals surface area contributed by atoms with Gasteiger partial charge in [-0.3, -0.25) is 9.52 Å². The zero-order valence-corrected chi connectivity index (χ0v) is 15.9. The molecule has 1 amide bonds. The van der Waals surface area contributed by atoms with Crippen molar-refractivity contribution >= 4 is 44.8 Å². The fourth-order valence-corrected chi connectivity index (χ4v) is 3.95. The Bertz CT molecular complexity index is 911. The summed E-state index contributed by atoms with van der Waals surface area (Å²) in [6.45, 7) is 1.98. The van der Waals surface area contributed by atoms with Crippen molar-refractivity contribution < 1.29 is 17.9 Å². The number of carbonyl (C=O) groups excluding carboxylic acids is 1. The highest BCUT2D eigenvalue weighted by atomic mass is 35.5. The van der Waals surface area contributed by atoms with Crippen LogP contribution in [0.15, 0.2) is 47.4 Å². The summed E-state index contributed by atoms with van der Waals surface area (Å²) in [4.78, 5) is 14.2. The number of morpholine rings is 1. The van der Waals surface area contributed by atoms with E-state index in [2.05, 4.69) is 4.72 Å². The van der Waals surface area contributed by atoms with Crippen LogP contribution in [0.3, 0.4) is 0 Å². The van der Waals surface area contributed by atoms with Gasteiger partial charge in [0.1, 0.15) is 0 Å². The van der Waals surface area contributed by atoms with Gasteiger partial charge in [-0.1, -0.05) is 23.2 Å². The van der Waals surface area contributed by atoms with Crippen LogP contribution in [0.1, 0.15) is 10.4 Å². The van der Waals surface area contributed by atoms with E-state index >= 15 is 0 Å². The number of rotatable bonds is 4. The molecule has 6 nitrogen and oxygen atoms in total. The van der Waals surface area contributed by atoms with Gasteiger partial charge < -0.3 is 9.64 Å². The van der Waals surface area contributed by atoms with Gasteiger partial charge in [0.05, 0.1) is 34.4 Å². The molecule has 1 aliphatic heterocycles. The fraction of sp³-hybridized carbons (Fsp3) is 0.235. The highest BCUT2D eigenvalue weighted by molar-refractivity contribution is 7.92. The van der Waals surface area contributed by atoms with Crippen molar-refractivity contribution in [1.29, 1.82) is 0 Å². The number of carbonyl (C=O) groups is 1. The lowest BCUT2D eigenvalue weighted by molar-refractivity contribution is 0.0303. The predicted octanol–water partition coefficient (Wildman–Crippen LogP) is 3.27. The van der Waals surface area contributed by atoms with Crippen molar-refractivity contribution in [2.24, 2.45) is 0 Å². The van der Waals surface area contributed by atoms with Crippen molar-refractivity contribution in [1.82, 2.24) is 4.90 Å². The zero-order valence-electron chi connectivity index (χ0n) is 13.6. The number of hydrogen-bond donors (Lipinski definition) is 1. The van der Waals surface area contributed by atoms with Crippen LogP contribution in [0, 0.1) is 0 Å². The number of hydrogen-bond acceptors (Lipinski definition) is 4. The Morgan fingerprint density at radius 3 is 2.31 bits per heavy atom. The van der Waals surface area contributed by atoms with Gasteiger partial charge in [-0.2, -0.15) is 0 Å². The third kappa shape index (κ3) is 4.29. The van der Waals surface area contributed by atoms with Gasteiger partial charge in [-0.05, 0) is 42.5 Å². The average Bonchev–Trinajstić information content (AvgIpc) is 2.62. The maximum Gasteiger partial charge on any atom is 0.261 e. The van der Waals surface area contributed by atoms with Gasteiger partial charge in [0.15, 0.2) is 0 Å². The summed E-state index contributed by atoms with van der Waals surface area (Å²) >= 11 is 12.0. The highest BCUT2D eigenvalue weighted by Gasteiger charge is 2.21. The maximum absolute atomic E-state index is 12.5. The van der Waals surface area contributed by atoms with Crippen molar-refractivity contribution in [3.8, 4) is 0 Å². The summed E-state index contributed by atoms with van der Waals surface area (Å²) in [5.41, 5.74) is 0.589. The van der Waals surface area contributed by atoms with Crippen molar-refractivity contribution in [2.75, 3.05) is 31.0 Å². The molecule has 3 rings (SSSR count). The lowest BCUT2D eigenvalue weighted by Crippen LogP contribution is -2.40. The van der Waals surface area contributed by atoms with Crippen LogP contribution < -0.4 is 4.72 Å². The van der Waals surface area contributed by atoms with E-state index in [4.69, 9.17) is 27.9 Å². The molecule has 138 valence electrons. The number of nitrogens with one attached hydrogen (secondary N) is 1. The highest BCUT2D eigenvalue weighted by Crippen LogP contribution is 2.25. The third-order valence-corrected chi connectivity index (χ3v) is 5.84. The SMILES string of the molecule is O=C(c1ccc(NS(=O)(=O)c2ccc(Cl)cc2)cc1Cl)N1CCOCC1. The lowest BCUT2D eigenvalue weighted by Gasteiger charge is -2.27. The molecule has 0 unspecified atom stereocenters. The third-order valence-electron chi connectivity index (χ3n) is 3.87. The Kier molecular flexibility index (Phi) is 5.72. The van der Waals surface area contributed by atoms with E-state index in [0.29, 0.717) is 36.9 Å². The number of benzene rings is 2. The molecule has 1 N–H and O–H groups in total. The smallest absolute Gasteiger partial charge is 0.261 e. The second-order valence-electron chi connectivity index (χ2n) is 5.66. The van der Waals surface area contributed by atoms with Crippen LogP contribution in [0.5, 0.6) is 0 Å². The molecule has 0 atom stereocenters. The van der Waals surface area contributed by atoms with E-state index < -0.39 is 10.0 Å². The van der Waals surface area contributed by atoms with Crippen LogP contribution in [-0.4, -0.2) is 45.5 Å². The number of ether oxygens (including phenoxy) is 1. The molecule has 1 fully saturated rings. The fourth-order valence-electron chi connectivity index (χ4n) is 2.52. The molecule has 9 heteroatoms. The molecule has 1 heterocycles. The second-order valence-corrected chi connectivity index (χ2v) is 8.18. The van der Waals surface area contributed by atoms with E-state index in [1.54, 1.807) is 4.90 Å². The first-order valence-corrected chi connectivity index (χ1v) is 10.1. The molecule has 1 saturated heterocycles. The number of halogens is 2. The lowest BCUT2D eigenvalue weighted by atomic mass is 10.1. The van der Waals surface area contributed by atoms with Crippen LogP contribution >= 0.6 is 23.2 Å². The first-order chi connectivity index (χ1) is 12.4. The first kappa shape index (κ1) is 19.0. The minimum atomic E-state index is -3.78. The van der Waals surface area contributed by atoms with Crippen molar-refractivity contribution in [2.45, 2.75) is 4.90 Å². The van der Waals surface area contributed by atoms with Gasteiger partial charge in [0.2, 0.25) is 0 Å². The van der Waals surface area contributed by atoms with Crippen molar-refractivity contribution in [3.05, 3.63) is 58.1 Å². The zero-order chi connectivity index (χ0) is 18.7. The number of sulfonamides is 1.